The van der Waals surface area contributed by atoms with Crippen molar-refractivity contribution in [2.24, 2.45) is 0 Å². The molecule has 2 aliphatic rings. The number of ether oxygens (including phenoxy) is 1. The first kappa shape index (κ1) is 31.6. The molecule has 45 heavy (non-hydrogen) atoms. The lowest BCUT2D eigenvalue weighted by Gasteiger charge is -2.32. The molecule has 0 radical (unpaired) electrons. The summed E-state index contributed by atoms with van der Waals surface area (Å²) >= 11 is 6.16. The summed E-state index contributed by atoms with van der Waals surface area (Å²) in [6, 6.07) is 8.44. The number of hydrogen-bond donors (Lipinski definition) is 3. The molecule has 0 bridgehead atoms. The first-order chi connectivity index (χ1) is 21.5. The van der Waals surface area contributed by atoms with Gasteiger partial charge < -0.3 is 20.1 Å². The molecule has 1 aromatic heterocycles. The molecule has 1 fully saturated rings. The van der Waals surface area contributed by atoms with Gasteiger partial charge in [-0.1, -0.05) is 11.6 Å². The molecule has 2 heterocycles. The van der Waals surface area contributed by atoms with Crippen molar-refractivity contribution in [3.05, 3.63) is 75.9 Å². The van der Waals surface area contributed by atoms with E-state index in [0.717, 1.165) is 44.6 Å². The Bertz CT molecular complexity index is 1870. The molecule has 0 spiro atoms. The van der Waals surface area contributed by atoms with E-state index in [2.05, 4.69) is 24.9 Å². The number of methoxy groups -OCH3 is 1. The summed E-state index contributed by atoms with van der Waals surface area (Å²) in [5.74, 6) is -1.42. The lowest BCUT2D eigenvalue weighted by atomic mass is 9.97. The van der Waals surface area contributed by atoms with Gasteiger partial charge in [-0.2, -0.15) is 0 Å². The Morgan fingerprint density at radius 2 is 1.91 bits per heavy atom. The van der Waals surface area contributed by atoms with Crippen molar-refractivity contribution >= 4 is 44.2 Å². The van der Waals surface area contributed by atoms with Crippen molar-refractivity contribution in [3.8, 4) is 11.1 Å². The maximum Gasteiger partial charge on any atom is 0.262 e. The lowest BCUT2D eigenvalue weighted by Crippen LogP contribution is -2.40. The topological polar surface area (TPSA) is 117 Å². The molecule has 3 N–H and O–H groups in total. The number of aromatic nitrogens is 2. The van der Waals surface area contributed by atoms with Crippen LogP contribution in [0, 0.1) is 18.6 Å². The maximum atomic E-state index is 16.0. The maximum absolute atomic E-state index is 16.0. The molecular formula is C32H34ClF2N5O4S. The van der Waals surface area contributed by atoms with E-state index >= 15 is 8.78 Å². The first-order valence-corrected chi connectivity index (χ1v) is 16.7. The average Bonchev–Trinajstić information content (AvgIpc) is 3.38. The predicted octanol–water partition coefficient (Wildman–Crippen LogP) is 5.84. The Morgan fingerprint density at radius 3 is 2.67 bits per heavy atom. The number of fused-ring (bicyclic) bond motifs is 2. The van der Waals surface area contributed by atoms with Crippen molar-refractivity contribution in [2.45, 2.75) is 49.6 Å². The minimum atomic E-state index is -4.33. The normalized spacial score (nSPS) is 17.5. The molecule has 1 aliphatic heterocycles. The van der Waals surface area contributed by atoms with Gasteiger partial charge in [0.2, 0.25) is 5.95 Å². The SMILES string of the molecule is COCCN1CCC(Nc2ncc3cc(-c4c(F)ccc(NS(=O)(=O)c5cc(Cl)cc6c5CC[C@H]6O)c4F)c(C)cc3n2)CC1. The number of rotatable bonds is 9. The Morgan fingerprint density at radius 1 is 1.13 bits per heavy atom. The van der Waals surface area contributed by atoms with Crippen molar-refractivity contribution in [1.82, 2.24) is 14.9 Å². The van der Waals surface area contributed by atoms with Gasteiger partial charge in [0.25, 0.3) is 10.0 Å². The number of sulfonamides is 1. The number of benzene rings is 3. The smallest absolute Gasteiger partial charge is 0.262 e. The van der Waals surface area contributed by atoms with E-state index in [-0.39, 0.29) is 27.1 Å². The number of likely N-dealkylation sites (tertiary alicyclic amines) is 1. The van der Waals surface area contributed by atoms with E-state index in [9.17, 15) is 13.5 Å². The van der Waals surface area contributed by atoms with Gasteiger partial charge in [-0.15, -0.1) is 0 Å². The van der Waals surface area contributed by atoms with Crippen LogP contribution in [0.1, 0.15) is 42.1 Å². The summed E-state index contributed by atoms with van der Waals surface area (Å²) in [7, 11) is -2.63. The number of aliphatic hydroxyl groups is 1. The highest BCUT2D eigenvalue weighted by atomic mass is 35.5. The van der Waals surface area contributed by atoms with E-state index in [1.54, 1.807) is 32.4 Å². The molecular weight excluding hydrogens is 624 g/mol. The van der Waals surface area contributed by atoms with Crippen LogP contribution in [-0.2, 0) is 21.2 Å². The third-order valence-electron chi connectivity index (χ3n) is 8.59. The van der Waals surface area contributed by atoms with E-state index in [0.29, 0.717) is 53.0 Å². The van der Waals surface area contributed by atoms with E-state index in [4.69, 9.17) is 16.3 Å². The molecule has 3 aromatic carbocycles. The van der Waals surface area contributed by atoms with Crippen LogP contribution in [0.25, 0.3) is 22.0 Å². The number of hydrogen-bond acceptors (Lipinski definition) is 8. The van der Waals surface area contributed by atoms with Gasteiger partial charge in [0.1, 0.15) is 5.82 Å². The Hall–Kier alpha value is -3.42. The number of aliphatic hydroxyl groups excluding tert-OH is 1. The predicted molar refractivity (Wildman–Crippen MR) is 170 cm³/mol. The molecule has 9 nitrogen and oxygen atoms in total. The molecule has 0 unspecified atom stereocenters. The van der Waals surface area contributed by atoms with Crippen molar-refractivity contribution < 1.29 is 27.0 Å². The minimum Gasteiger partial charge on any atom is -0.388 e. The Labute approximate surface area is 265 Å². The zero-order chi connectivity index (χ0) is 31.9. The van der Waals surface area contributed by atoms with Gasteiger partial charge in [-0.3, -0.25) is 4.72 Å². The summed E-state index contributed by atoms with van der Waals surface area (Å²) in [6.45, 7) is 5.23. The number of anilines is 2. The highest BCUT2D eigenvalue weighted by Gasteiger charge is 2.30. The van der Waals surface area contributed by atoms with Crippen molar-refractivity contribution in [2.75, 3.05) is 43.4 Å². The molecule has 6 rings (SSSR count). The molecule has 1 atom stereocenters. The molecule has 13 heteroatoms. The van der Waals surface area contributed by atoms with Gasteiger partial charge in [-0.05, 0) is 91.3 Å². The molecule has 1 saturated heterocycles. The van der Waals surface area contributed by atoms with Crippen LogP contribution in [0.2, 0.25) is 5.02 Å². The number of nitrogens with one attached hydrogen (secondary N) is 2. The minimum absolute atomic E-state index is 0.131. The van der Waals surface area contributed by atoms with Gasteiger partial charge >= 0.3 is 0 Å². The van der Waals surface area contributed by atoms with E-state index in [1.807, 2.05) is 0 Å². The Balaban J connectivity index is 1.26. The molecule has 0 saturated carbocycles. The van der Waals surface area contributed by atoms with Crippen molar-refractivity contribution in [1.29, 1.82) is 0 Å². The second-order valence-corrected chi connectivity index (χ2v) is 13.7. The number of nitrogens with zero attached hydrogens (tertiary/aromatic N) is 3. The summed E-state index contributed by atoms with van der Waals surface area (Å²) in [6.07, 6.45) is 3.35. The van der Waals surface area contributed by atoms with Gasteiger partial charge in [0.05, 0.1) is 34.4 Å². The van der Waals surface area contributed by atoms with Crippen LogP contribution >= 0.6 is 11.6 Å². The van der Waals surface area contributed by atoms with Gasteiger partial charge in [0, 0.05) is 49.4 Å². The second-order valence-electron chi connectivity index (χ2n) is 11.6. The number of aryl methyl sites for hydroxylation is 1. The third kappa shape index (κ3) is 6.48. The first-order valence-electron chi connectivity index (χ1n) is 14.8. The number of halogens is 3. The fraction of sp³-hybridized carbons (Fsp3) is 0.375. The second kappa shape index (κ2) is 12.8. The highest BCUT2D eigenvalue weighted by molar-refractivity contribution is 7.92. The molecule has 1 aliphatic carbocycles. The van der Waals surface area contributed by atoms with Crippen LogP contribution in [0.15, 0.2) is 47.5 Å². The summed E-state index contributed by atoms with van der Waals surface area (Å²) in [4.78, 5) is 11.3. The zero-order valence-corrected chi connectivity index (χ0v) is 26.5. The zero-order valence-electron chi connectivity index (χ0n) is 24.9. The highest BCUT2D eigenvalue weighted by Crippen LogP contribution is 2.39. The van der Waals surface area contributed by atoms with Crippen LogP contribution in [0.4, 0.5) is 20.4 Å². The van der Waals surface area contributed by atoms with Crippen LogP contribution in [-0.4, -0.2) is 67.8 Å². The van der Waals surface area contributed by atoms with E-state index < -0.39 is 33.4 Å². The summed E-state index contributed by atoms with van der Waals surface area (Å²) < 4.78 is 65.6. The average molecular weight is 658 g/mol. The molecule has 4 aromatic rings. The van der Waals surface area contributed by atoms with Crippen LogP contribution in [0.3, 0.4) is 0 Å². The van der Waals surface area contributed by atoms with Gasteiger partial charge in [-0.25, -0.2) is 27.2 Å². The standard InChI is InChI=1S/C32H34ClF2N5O4S/c1-18-13-27-19(17-36-32(38-27)37-21-7-9-40(10-8-21)11-12-44-2)14-23(18)30-25(34)4-5-26(31(30)35)39-45(42,43)29-16-20(33)15-24-22(29)3-6-28(24)41/h4-5,13-17,21,28,39,41H,3,6-12H2,1-2H3,(H,36,37,38)/t28-/m1/s1. The third-order valence-corrected chi connectivity index (χ3v) is 10.2. The molecule has 0 amide bonds. The molecule has 238 valence electrons. The van der Waals surface area contributed by atoms with Gasteiger partial charge in [0.15, 0.2) is 5.82 Å². The summed E-state index contributed by atoms with van der Waals surface area (Å²) in [5, 5.41) is 14.4. The number of piperidine rings is 1. The summed E-state index contributed by atoms with van der Waals surface area (Å²) in [5.41, 5.74) is 1.48. The van der Waals surface area contributed by atoms with E-state index in [1.165, 1.54) is 12.1 Å². The van der Waals surface area contributed by atoms with Crippen molar-refractivity contribution in [3.63, 3.8) is 0 Å². The fourth-order valence-electron chi connectivity index (χ4n) is 6.18. The lowest BCUT2D eigenvalue weighted by molar-refractivity contribution is 0.132. The van der Waals surface area contributed by atoms with Crippen LogP contribution in [0.5, 0.6) is 0 Å². The monoisotopic (exact) mass is 657 g/mol. The Kier molecular flexibility index (Phi) is 8.95. The van der Waals surface area contributed by atoms with Crippen LogP contribution < -0.4 is 10.0 Å². The quantitative estimate of drug-likeness (QED) is 0.206. The fourth-order valence-corrected chi connectivity index (χ4v) is 7.85. The largest absolute Gasteiger partial charge is 0.388 e.